The van der Waals surface area contributed by atoms with Crippen LogP contribution in [0.4, 0.5) is 11.9 Å². The zero-order chi connectivity index (χ0) is 12.7. The van der Waals surface area contributed by atoms with E-state index in [-0.39, 0.29) is 5.28 Å². The van der Waals surface area contributed by atoms with Gasteiger partial charge in [0.25, 0.3) is 0 Å². The average molecular weight is 258 g/mol. The van der Waals surface area contributed by atoms with Crippen LogP contribution in [0.5, 0.6) is 0 Å². The summed E-state index contributed by atoms with van der Waals surface area (Å²) in [6.45, 7) is 8.89. The second-order valence-corrected chi connectivity index (χ2v) is 4.08. The third-order valence-corrected chi connectivity index (χ3v) is 2.37. The Kier molecular flexibility index (Phi) is 5.97. The Balaban J connectivity index is 2.92. The SMILES string of the molecule is CCCN(CCC)c1nc(Cl)nc(NCC)n1. The molecule has 1 heterocycles. The van der Waals surface area contributed by atoms with E-state index < -0.39 is 0 Å². The average Bonchev–Trinajstić information content (AvgIpc) is 2.28. The smallest absolute Gasteiger partial charge is 0.231 e. The predicted molar refractivity (Wildman–Crippen MR) is 71.8 cm³/mol. The van der Waals surface area contributed by atoms with Crippen molar-refractivity contribution in [1.29, 1.82) is 0 Å². The molecule has 17 heavy (non-hydrogen) atoms. The molecular formula is C11H20ClN5. The van der Waals surface area contributed by atoms with Gasteiger partial charge in [-0.15, -0.1) is 0 Å². The standard InChI is InChI=1S/C11H20ClN5/c1-4-7-17(8-5-2)11-15-9(12)14-10(16-11)13-6-3/h4-8H2,1-3H3,(H,13,14,15,16). The predicted octanol–water partition coefficient (Wildman–Crippen LogP) is 2.58. The Morgan fingerprint density at radius 1 is 1.06 bits per heavy atom. The highest BCUT2D eigenvalue weighted by atomic mass is 35.5. The van der Waals surface area contributed by atoms with Gasteiger partial charge in [-0.1, -0.05) is 13.8 Å². The Hall–Kier alpha value is -1.10. The first-order valence-electron chi connectivity index (χ1n) is 6.11. The molecule has 5 nitrogen and oxygen atoms in total. The fourth-order valence-electron chi connectivity index (χ4n) is 1.57. The summed E-state index contributed by atoms with van der Waals surface area (Å²) in [5.74, 6) is 1.20. The molecule has 0 aliphatic carbocycles. The van der Waals surface area contributed by atoms with E-state index in [4.69, 9.17) is 11.6 Å². The highest BCUT2D eigenvalue weighted by molar-refractivity contribution is 6.28. The van der Waals surface area contributed by atoms with Crippen LogP contribution in [0, 0.1) is 0 Å². The van der Waals surface area contributed by atoms with Crippen LogP contribution in [-0.2, 0) is 0 Å². The number of nitrogens with zero attached hydrogens (tertiary/aromatic N) is 4. The van der Waals surface area contributed by atoms with Gasteiger partial charge < -0.3 is 10.2 Å². The Bertz CT molecular complexity index is 339. The molecule has 0 amide bonds. The molecule has 1 N–H and O–H groups in total. The quantitative estimate of drug-likeness (QED) is 0.814. The maximum Gasteiger partial charge on any atom is 0.231 e. The largest absolute Gasteiger partial charge is 0.354 e. The molecule has 0 spiro atoms. The normalized spacial score (nSPS) is 10.4. The minimum Gasteiger partial charge on any atom is -0.354 e. The fraction of sp³-hybridized carbons (Fsp3) is 0.727. The van der Waals surface area contributed by atoms with E-state index in [0.29, 0.717) is 11.9 Å². The maximum atomic E-state index is 5.90. The second-order valence-electron chi connectivity index (χ2n) is 3.75. The minimum absolute atomic E-state index is 0.239. The van der Waals surface area contributed by atoms with Gasteiger partial charge >= 0.3 is 0 Å². The molecule has 0 aromatic carbocycles. The maximum absolute atomic E-state index is 5.90. The molecule has 1 rings (SSSR count). The van der Waals surface area contributed by atoms with E-state index in [1.54, 1.807) is 0 Å². The molecule has 0 atom stereocenters. The summed E-state index contributed by atoms with van der Waals surface area (Å²) in [4.78, 5) is 14.7. The Morgan fingerprint density at radius 2 is 1.71 bits per heavy atom. The lowest BCUT2D eigenvalue weighted by Gasteiger charge is -2.21. The number of nitrogens with one attached hydrogen (secondary N) is 1. The summed E-state index contributed by atoms with van der Waals surface area (Å²) < 4.78 is 0. The molecule has 96 valence electrons. The zero-order valence-electron chi connectivity index (χ0n) is 10.7. The molecular weight excluding hydrogens is 238 g/mol. The van der Waals surface area contributed by atoms with E-state index in [0.717, 1.165) is 32.5 Å². The van der Waals surface area contributed by atoms with Crippen LogP contribution < -0.4 is 10.2 Å². The van der Waals surface area contributed by atoms with Gasteiger partial charge in [0.15, 0.2) is 0 Å². The number of halogens is 1. The van der Waals surface area contributed by atoms with Crippen molar-refractivity contribution >= 4 is 23.5 Å². The minimum atomic E-state index is 0.239. The Labute approximate surface area is 108 Å². The molecule has 0 aliphatic heterocycles. The summed E-state index contributed by atoms with van der Waals surface area (Å²) in [7, 11) is 0. The fourth-order valence-corrected chi connectivity index (χ4v) is 1.73. The van der Waals surface area contributed by atoms with Crippen molar-refractivity contribution in [1.82, 2.24) is 15.0 Å². The van der Waals surface area contributed by atoms with Gasteiger partial charge in [0, 0.05) is 19.6 Å². The van der Waals surface area contributed by atoms with Gasteiger partial charge in [0.05, 0.1) is 0 Å². The molecule has 0 saturated heterocycles. The molecule has 0 fully saturated rings. The first-order chi connectivity index (χ1) is 8.21. The monoisotopic (exact) mass is 257 g/mol. The van der Waals surface area contributed by atoms with E-state index in [9.17, 15) is 0 Å². The van der Waals surface area contributed by atoms with Crippen LogP contribution in [0.2, 0.25) is 5.28 Å². The van der Waals surface area contributed by atoms with Crippen LogP contribution in [0.25, 0.3) is 0 Å². The lowest BCUT2D eigenvalue weighted by molar-refractivity contribution is 0.718. The second kappa shape index (κ2) is 7.27. The van der Waals surface area contributed by atoms with Gasteiger partial charge in [-0.25, -0.2) is 0 Å². The summed E-state index contributed by atoms with van der Waals surface area (Å²) >= 11 is 5.90. The lowest BCUT2D eigenvalue weighted by atomic mass is 10.4. The molecule has 0 aliphatic rings. The highest BCUT2D eigenvalue weighted by Gasteiger charge is 2.11. The topological polar surface area (TPSA) is 53.9 Å². The lowest BCUT2D eigenvalue weighted by Crippen LogP contribution is -2.27. The van der Waals surface area contributed by atoms with Crippen LogP contribution in [-0.4, -0.2) is 34.6 Å². The number of rotatable bonds is 7. The number of aromatic nitrogens is 3. The van der Waals surface area contributed by atoms with E-state index in [1.807, 2.05) is 6.92 Å². The van der Waals surface area contributed by atoms with Crippen LogP contribution >= 0.6 is 11.6 Å². The van der Waals surface area contributed by atoms with Crippen molar-refractivity contribution < 1.29 is 0 Å². The van der Waals surface area contributed by atoms with Crippen LogP contribution in [0.1, 0.15) is 33.6 Å². The van der Waals surface area contributed by atoms with Crippen molar-refractivity contribution in [3.8, 4) is 0 Å². The van der Waals surface area contributed by atoms with Crippen molar-refractivity contribution in [2.24, 2.45) is 0 Å². The number of hydrogen-bond acceptors (Lipinski definition) is 5. The van der Waals surface area contributed by atoms with Gasteiger partial charge in [-0.2, -0.15) is 15.0 Å². The molecule has 1 aromatic rings. The molecule has 1 aromatic heterocycles. The Morgan fingerprint density at radius 3 is 2.24 bits per heavy atom. The summed E-state index contributed by atoms with van der Waals surface area (Å²) in [6, 6.07) is 0. The first-order valence-corrected chi connectivity index (χ1v) is 6.49. The van der Waals surface area contributed by atoms with E-state index in [2.05, 4.69) is 39.0 Å². The van der Waals surface area contributed by atoms with Crippen LogP contribution in [0.15, 0.2) is 0 Å². The first kappa shape index (κ1) is 14.0. The van der Waals surface area contributed by atoms with Gasteiger partial charge in [0.2, 0.25) is 17.2 Å². The van der Waals surface area contributed by atoms with Crippen LogP contribution in [0.3, 0.4) is 0 Å². The summed E-state index contributed by atoms with van der Waals surface area (Å²) in [5.41, 5.74) is 0. The molecule has 6 heteroatoms. The number of hydrogen-bond donors (Lipinski definition) is 1. The summed E-state index contributed by atoms with van der Waals surface area (Å²) in [5, 5.41) is 3.29. The van der Waals surface area contributed by atoms with Crippen molar-refractivity contribution in [3.63, 3.8) is 0 Å². The number of anilines is 2. The molecule has 0 radical (unpaired) electrons. The molecule has 0 saturated carbocycles. The third kappa shape index (κ3) is 4.34. The highest BCUT2D eigenvalue weighted by Crippen LogP contribution is 2.14. The van der Waals surface area contributed by atoms with Gasteiger partial charge in [0.1, 0.15) is 0 Å². The molecule has 0 bridgehead atoms. The van der Waals surface area contributed by atoms with Gasteiger partial charge in [-0.05, 0) is 31.4 Å². The van der Waals surface area contributed by atoms with Crippen molar-refractivity contribution in [2.75, 3.05) is 29.9 Å². The van der Waals surface area contributed by atoms with Gasteiger partial charge in [-0.3, -0.25) is 0 Å². The zero-order valence-corrected chi connectivity index (χ0v) is 11.5. The molecule has 0 unspecified atom stereocenters. The third-order valence-electron chi connectivity index (χ3n) is 2.20. The van der Waals surface area contributed by atoms with Crippen molar-refractivity contribution in [3.05, 3.63) is 5.28 Å². The van der Waals surface area contributed by atoms with E-state index in [1.165, 1.54) is 0 Å². The van der Waals surface area contributed by atoms with E-state index >= 15 is 0 Å². The van der Waals surface area contributed by atoms with Crippen molar-refractivity contribution in [2.45, 2.75) is 33.6 Å². The summed E-state index contributed by atoms with van der Waals surface area (Å²) in [6.07, 6.45) is 2.11.